The van der Waals surface area contributed by atoms with E-state index in [1.165, 1.54) is 16.0 Å². The van der Waals surface area contributed by atoms with Crippen LogP contribution in [0.5, 0.6) is 5.88 Å². The van der Waals surface area contributed by atoms with Gasteiger partial charge >= 0.3 is 6.09 Å². The SMILES string of the molecule is CC(C)n1nc2ncnc(OC(=O)N(C)C)c2n1. The molecule has 0 N–H and O–H groups in total. The van der Waals surface area contributed by atoms with Crippen molar-refractivity contribution in [2.45, 2.75) is 19.9 Å². The highest BCUT2D eigenvalue weighted by molar-refractivity contribution is 5.79. The van der Waals surface area contributed by atoms with Crippen molar-refractivity contribution in [1.82, 2.24) is 29.9 Å². The van der Waals surface area contributed by atoms with Gasteiger partial charge in [0.15, 0.2) is 5.52 Å². The summed E-state index contributed by atoms with van der Waals surface area (Å²) in [5.74, 6) is 0.116. The number of rotatable bonds is 2. The number of carbonyl (C=O) groups excluding carboxylic acids is 1. The second-order valence-electron chi connectivity index (χ2n) is 4.23. The van der Waals surface area contributed by atoms with Crippen molar-refractivity contribution in [3.05, 3.63) is 6.33 Å². The van der Waals surface area contributed by atoms with E-state index in [2.05, 4.69) is 20.2 Å². The lowest BCUT2D eigenvalue weighted by Crippen LogP contribution is -2.25. The van der Waals surface area contributed by atoms with E-state index in [4.69, 9.17) is 4.74 Å². The highest BCUT2D eigenvalue weighted by Gasteiger charge is 2.16. The Kier molecular flexibility index (Phi) is 3.09. The molecule has 96 valence electrons. The van der Waals surface area contributed by atoms with Gasteiger partial charge in [0, 0.05) is 14.1 Å². The largest absolute Gasteiger partial charge is 0.416 e. The van der Waals surface area contributed by atoms with Crippen LogP contribution in [-0.4, -0.2) is 50.1 Å². The average Bonchev–Trinajstić information content (AvgIpc) is 2.73. The Balaban J connectivity index is 2.41. The molecule has 0 spiro atoms. The Bertz CT molecular complexity index is 577. The Morgan fingerprint density at radius 2 is 2.06 bits per heavy atom. The molecule has 2 aromatic heterocycles. The van der Waals surface area contributed by atoms with Gasteiger partial charge in [-0.2, -0.15) is 9.78 Å². The zero-order valence-corrected chi connectivity index (χ0v) is 10.7. The average molecular weight is 250 g/mol. The third kappa shape index (κ3) is 2.22. The van der Waals surface area contributed by atoms with E-state index in [0.29, 0.717) is 11.2 Å². The summed E-state index contributed by atoms with van der Waals surface area (Å²) >= 11 is 0. The van der Waals surface area contributed by atoms with E-state index in [0.717, 1.165) is 0 Å². The van der Waals surface area contributed by atoms with Gasteiger partial charge in [-0.1, -0.05) is 0 Å². The molecule has 0 fully saturated rings. The zero-order valence-electron chi connectivity index (χ0n) is 10.7. The normalized spacial score (nSPS) is 10.9. The summed E-state index contributed by atoms with van der Waals surface area (Å²) in [6, 6.07) is 0.0941. The molecular formula is C10H14N6O2. The fourth-order valence-corrected chi connectivity index (χ4v) is 1.22. The number of amides is 1. The first kappa shape index (κ1) is 12.2. The maximum atomic E-state index is 11.5. The van der Waals surface area contributed by atoms with Crippen molar-refractivity contribution in [3.63, 3.8) is 0 Å². The molecule has 1 amide bonds. The van der Waals surface area contributed by atoms with Gasteiger partial charge < -0.3 is 9.64 Å². The van der Waals surface area contributed by atoms with Crippen LogP contribution in [-0.2, 0) is 0 Å². The van der Waals surface area contributed by atoms with Crippen LogP contribution < -0.4 is 4.74 Å². The maximum Gasteiger partial charge on any atom is 0.416 e. The van der Waals surface area contributed by atoms with Gasteiger partial charge in [-0.15, -0.1) is 10.2 Å². The standard InChI is InChI=1S/C10H14N6O2/c1-6(2)16-13-7-8(14-16)11-5-12-9(7)18-10(17)15(3)4/h5-6H,1-4H3. The summed E-state index contributed by atoms with van der Waals surface area (Å²) in [5, 5.41) is 8.38. The van der Waals surface area contributed by atoms with Gasteiger partial charge in [-0.3, -0.25) is 0 Å². The number of nitrogens with zero attached hydrogens (tertiary/aromatic N) is 6. The number of hydrogen-bond acceptors (Lipinski definition) is 6. The van der Waals surface area contributed by atoms with Crippen LogP contribution in [0.15, 0.2) is 6.33 Å². The van der Waals surface area contributed by atoms with Crippen LogP contribution in [0.3, 0.4) is 0 Å². The predicted molar refractivity (Wildman–Crippen MR) is 63.2 cm³/mol. The van der Waals surface area contributed by atoms with Crippen LogP contribution in [0.1, 0.15) is 19.9 Å². The molecule has 0 bridgehead atoms. The third-order valence-corrected chi connectivity index (χ3v) is 2.18. The van der Waals surface area contributed by atoms with E-state index in [1.807, 2.05) is 13.8 Å². The highest BCUT2D eigenvalue weighted by Crippen LogP contribution is 2.18. The topological polar surface area (TPSA) is 86.0 Å². The first-order valence-corrected chi connectivity index (χ1v) is 5.45. The maximum absolute atomic E-state index is 11.5. The predicted octanol–water partition coefficient (Wildman–Crippen LogP) is 0.863. The van der Waals surface area contributed by atoms with Crippen LogP contribution in [0, 0.1) is 0 Å². The van der Waals surface area contributed by atoms with Gasteiger partial charge in [0.25, 0.3) is 5.88 Å². The lowest BCUT2D eigenvalue weighted by atomic mass is 10.4. The minimum Gasteiger partial charge on any atom is -0.388 e. The van der Waals surface area contributed by atoms with E-state index < -0.39 is 6.09 Å². The number of ether oxygens (including phenoxy) is 1. The van der Waals surface area contributed by atoms with Crippen molar-refractivity contribution in [2.24, 2.45) is 0 Å². The van der Waals surface area contributed by atoms with Gasteiger partial charge in [-0.25, -0.2) is 9.78 Å². The van der Waals surface area contributed by atoms with Gasteiger partial charge in [0.2, 0.25) is 5.65 Å². The molecule has 0 aromatic carbocycles. The fraction of sp³-hybridized carbons (Fsp3) is 0.500. The number of aromatic nitrogens is 5. The van der Waals surface area contributed by atoms with Crippen LogP contribution in [0.2, 0.25) is 0 Å². The Morgan fingerprint density at radius 1 is 1.33 bits per heavy atom. The van der Waals surface area contributed by atoms with E-state index in [1.54, 1.807) is 14.1 Å². The molecule has 0 unspecified atom stereocenters. The van der Waals surface area contributed by atoms with Crippen molar-refractivity contribution < 1.29 is 9.53 Å². The first-order chi connectivity index (χ1) is 8.49. The molecule has 0 aliphatic rings. The molecule has 2 heterocycles. The second kappa shape index (κ2) is 4.55. The Labute approximate surface area is 104 Å². The summed E-state index contributed by atoms with van der Waals surface area (Å²) in [4.78, 5) is 22.2. The Hall–Kier alpha value is -2.25. The summed E-state index contributed by atoms with van der Waals surface area (Å²) in [7, 11) is 3.18. The minimum absolute atomic E-state index is 0.0941. The summed E-state index contributed by atoms with van der Waals surface area (Å²) in [5.41, 5.74) is 0.779. The van der Waals surface area contributed by atoms with Crippen molar-refractivity contribution in [3.8, 4) is 5.88 Å². The molecule has 0 saturated carbocycles. The third-order valence-electron chi connectivity index (χ3n) is 2.18. The lowest BCUT2D eigenvalue weighted by molar-refractivity contribution is 0.170. The van der Waals surface area contributed by atoms with Crippen molar-refractivity contribution >= 4 is 17.3 Å². The monoisotopic (exact) mass is 250 g/mol. The minimum atomic E-state index is -0.519. The first-order valence-electron chi connectivity index (χ1n) is 5.45. The van der Waals surface area contributed by atoms with Crippen molar-refractivity contribution in [1.29, 1.82) is 0 Å². The second-order valence-corrected chi connectivity index (χ2v) is 4.23. The molecule has 0 aliphatic carbocycles. The lowest BCUT2D eigenvalue weighted by Gasteiger charge is -2.09. The quantitative estimate of drug-likeness (QED) is 0.785. The van der Waals surface area contributed by atoms with Gasteiger partial charge in [0.1, 0.15) is 6.33 Å². The molecule has 2 aromatic rings. The number of hydrogen-bond donors (Lipinski definition) is 0. The Morgan fingerprint density at radius 3 is 2.67 bits per heavy atom. The summed E-state index contributed by atoms with van der Waals surface area (Å²) in [6.45, 7) is 3.88. The molecular weight excluding hydrogens is 236 g/mol. The van der Waals surface area contributed by atoms with E-state index in [-0.39, 0.29) is 11.9 Å². The molecule has 0 saturated heterocycles. The molecule has 18 heavy (non-hydrogen) atoms. The molecule has 0 radical (unpaired) electrons. The number of fused-ring (bicyclic) bond motifs is 1. The van der Waals surface area contributed by atoms with Crippen LogP contribution in [0.4, 0.5) is 4.79 Å². The van der Waals surface area contributed by atoms with Crippen LogP contribution in [0.25, 0.3) is 11.2 Å². The summed E-state index contributed by atoms with van der Waals surface area (Å²) < 4.78 is 5.10. The molecule has 0 atom stereocenters. The van der Waals surface area contributed by atoms with Gasteiger partial charge in [0.05, 0.1) is 6.04 Å². The van der Waals surface area contributed by atoms with E-state index >= 15 is 0 Å². The molecule has 8 heteroatoms. The molecule has 0 aliphatic heterocycles. The highest BCUT2D eigenvalue weighted by atomic mass is 16.6. The van der Waals surface area contributed by atoms with Gasteiger partial charge in [-0.05, 0) is 13.8 Å². The van der Waals surface area contributed by atoms with Crippen LogP contribution >= 0.6 is 0 Å². The van der Waals surface area contributed by atoms with Crippen molar-refractivity contribution in [2.75, 3.05) is 14.1 Å². The fourth-order valence-electron chi connectivity index (χ4n) is 1.22. The molecule has 2 rings (SSSR count). The number of carbonyl (C=O) groups is 1. The summed E-state index contributed by atoms with van der Waals surface area (Å²) in [6.07, 6.45) is 0.772. The zero-order chi connectivity index (χ0) is 13.3. The van der Waals surface area contributed by atoms with E-state index in [9.17, 15) is 4.79 Å². The molecule has 8 nitrogen and oxygen atoms in total. The smallest absolute Gasteiger partial charge is 0.388 e.